The monoisotopic (exact) mass is 184 g/mol. The van der Waals surface area contributed by atoms with Crippen LogP contribution in [0.5, 0.6) is 0 Å². The Hall–Kier alpha value is -1.29. The molecule has 2 atom stereocenters. The van der Waals surface area contributed by atoms with E-state index in [1.165, 1.54) is 13.4 Å². The van der Waals surface area contributed by atoms with Crippen molar-refractivity contribution in [1.29, 1.82) is 0 Å². The molecule has 1 N–H and O–H groups in total. The normalized spacial score (nSPS) is 15.0. The number of aliphatic hydroxyl groups excluding tert-OH is 1. The molecule has 0 radical (unpaired) electrons. The first-order valence-electron chi connectivity index (χ1n) is 3.96. The summed E-state index contributed by atoms with van der Waals surface area (Å²) in [6.45, 7) is 1.58. The molecule has 1 aromatic heterocycles. The molecular weight excluding hydrogens is 172 g/mol. The lowest BCUT2D eigenvalue weighted by atomic mass is 10.0. The van der Waals surface area contributed by atoms with E-state index in [1.54, 1.807) is 19.1 Å². The fourth-order valence-corrected chi connectivity index (χ4v) is 1.02. The molecule has 0 aliphatic carbocycles. The van der Waals surface area contributed by atoms with Crippen molar-refractivity contribution in [2.24, 2.45) is 5.92 Å². The summed E-state index contributed by atoms with van der Waals surface area (Å²) in [7, 11) is 1.29. The third kappa shape index (κ3) is 2.09. The van der Waals surface area contributed by atoms with Gasteiger partial charge in [-0.25, -0.2) is 0 Å². The maximum Gasteiger partial charge on any atom is 0.311 e. The standard InChI is InChI=1S/C9H12O4/c1-6(9(11)12-2)8(10)7-4-3-5-13-7/h3-6,8,10H,1-2H3/t6-,8+/m1/s1. The molecule has 0 amide bonds. The smallest absolute Gasteiger partial charge is 0.311 e. The van der Waals surface area contributed by atoms with Gasteiger partial charge in [0.1, 0.15) is 11.9 Å². The van der Waals surface area contributed by atoms with Crippen molar-refractivity contribution in [3.8, 4) is 0 Å². The van der Waals surface area contributed by atoms with Crippen LogP contribution in [-0.4, -0.2) is 18.2 Å². The molecule has 0 aliphatic heterocycles. The third-order valence-corrected chi connectivity index (χ3v) is 1.88. The molecule has 13 heavy (non-hydrogen) atoms. The highest BCUT2D eigenvalue weighted by molar-refractivity contribution is 5.72. The summed E-state index contributed by atoms with van der Waals surface area (Å²) in [5.74, 6) is -0.696. The lowest BCUT2D eigenvalue weighted by Crippen LogP contribution is -2.20. The summed E-state index contributed by atoms with van der Waals surface area (Å²) >= 11 is 0. The minimum atomic E-state index is -0.942. The second-order valence-electron chi connectivity index (χ2n) is 2.77. The highest BCUT2D eigenvalue weighted by Crippen LogP contribution is 2.22. The van der Waals surface area contributed by atoms with Crippen molar-refractivity contribution in [3.05, 3.63) is 24.2 Å². The minimum absolute atomic E-state index is 0.373. The number of hydrogen-bond donors (Lipinski definition) is 1. The van der Waals surface area contributed by atoms with Crippen LogP contribution >= 0.6 is 0 Å². The molecule has 0 fully saturated rings. The third-order valence-electron chi connectivity index (χ3n) is 1.88. The quantitative estimate of drug-likeness (QED) is 0.715. The van der Waals surface area contributed by atoms with Gasteiger partial charge in [-0.1, -0.05) is 0 Å². The highest BCUT2D eigenvalue weighted by atomic mass is 16.5. The van der Waals surface area contributed by atoms with Gasteiger partial charge in [0, 0.05) is 0 Å². The second kappa shape index (κ2) is 4.09. The zero-order valence-electron chi connectivity index (χ0n) is 7.56. The number of aliphatic hydroxyl groups is 1. The molecule has 0 saturated carbocycles. The predicted octanol–water partition coefficient (Wildman–Crippen LogP) is 1.12. The maximum atomic E-state index is 11.0. The van der Waals surface area contributed by atoms with Crippen LogP contribution in [0.2, 0.25) is 0 Å². The fraction of sp³-hybridized carbons (Fsp3) is 0.444. The van der Waals surface area contributed by atoms with E-state index in [1.807, 2.05) is 0 Å². The van der Waals surface area contributed by atoms with E-state index >= 15 is 0 Å². The Morgan fingerprint density at radius 3 is 2.85 bits per heavy atom. The molecule has 4 heteroatoms. The Balaban J connectivity index is 2.68. The van der Waals surface area contributed by atoms with Crippen LogP contribution in [0.4, 0.5) is 0 Å². The topological polar surface area (TPSA) is 59.7 Å². The van der Waals surface area contributed by atoms with Gasteiger partial charge in [0.15, 0.2) is 0 Å². The molecule has 4 nitrogen and oxygen atoms in total. The van der Waals surface area contributed by atoms with Crippen molar-refractivity contribution in [3.63, 3.8) is 0 Å². The molecule has 1 rings (SSSR count). The average Bonchev–Trinajstić information content (AvgIpc) is 2.67. The first-order chi connectivity index (χ1) is 6.16. The van der Waals surface area contributed by atoms with E-state index < -0.39 is 18.0 Å². The van der Waals surface area contributed by atoms with Gasteiger partial charge in [-0.3, -0.25) is 4.79 Å². The molecule has 0 bridgehead atoms. The van der Waals surface area contributed by atoms with E-state index in [-0.39, 0.29) is 0 Å². The zero-order valence-corrected chi connectivity index (χ0v) is 7.56. The van der Waals surface area contributed by atoms with Crippen molar-refractivity contribution in [1.82, 2.24) is 0 Å². The first-order valence-corrected chi connectivity index (χ1v) is 3.96. The number of hydrogen-bond acceptors (Lipinski definition) is 4. The van der Waals surface area contributed by atoms with Gasteiger partial charge in [0.05, 0.1) is 19.3 Å². The maximum absolute atomic E-state index is 11.0. The Morgan fingerprint density at radius 1 is 1.69 bits per heavy atom. The largest absolute Gasteiger partial charge is 0.469 e. The molecule has 0 saturated heterocycles. The molecule has 1 heterocycles. The summed E-state index contributed by atoms with van der Waals surface area (Å²) in [6, 6.07) is 3.27. The molecule has 1 aromatic rings. The van der Waals surface area contributed by atoms with Crippen molar-refractivity contribution >= 4 is 5.97 Å². The molecule has 0 unspecified atom stereocenters. The average molecular weight is 184 g/mol. The Labute approximate surface area is 76.1 Å². The van der Waals surface area contributed by atoms with E-state index in [0.717, 1.165) is 0 Å². The minimum Gasteiger partial charge on any atom is -0.469 e. The number of rotatable bonds is 3. The highest BCUT2D eigenvalue weighted by Gasteiger charge is 2.25. The lowest BCUT2D eigenvalue weighted by molar-refractivity contribution is -0.149. The van der Waals surface area contributed by atoms with Crippen LogP contribution in [0.25, 0.3) is 0 Å². The fourth-order valence-electron chi connectivity index (χ4n) is 1.02. The molecule has 0 aliphatic rings. The van der Waals surface area contributed by atoms with Gasteiger partial charge in [0.25, 0.3) is 0 Å². The predicted molar refractivity (Wildman–Crippen MR) is 44.8 cm³/mol. The zero-order chi connectivity index (χ0) is 9.84. The number of ether oxygens (including phenoxy) is 1. The molecular formula is C9H12O4. The van der Waals surface area contributed by atoms with Crippen LogP contribution in [0.1, 0.15) is 18.8 Å². The summed E-state index contributed by atoms with van der Waals surface area (Å²) in [6.07, 6.45) is 0.505. The molecule has 72 valence electrons. The number of furan rings is 1. The Bertz CT molecular complexity index is 265. The second-order valence-corrected chi connectivity index (χ2v) is 2.77. The summed E-state index contributed by atoms with van der Waals surface area (Å²) in [4.78, 5) is 11.0. The van der Waals surface area contributed by atoms with Crippen LogP contribution < -0.4 is 0 Å². The van der Waals surface area contributed by atoms with Crippen LogP contribution in [-0.2, 0) is 9.53 Å². The summed E-state index contributed by atoms with van der Waals surface area (Å²) in [5, 5.41) is 9.58. The Morgan fingerprint density at radius 2 is 2.38 bits per heavy atom. The van der Waals surface area contributed by atoms with Crippen LogP contribution in [0, 0.1) is 5.92 Å². The van der Waals surface area contributed by atoms with Crippen LogP contribution in [0.15, 0.2) is 22.8 Å². The molecule has 0 aromatic carbocycles. The number of methoxy groups -OCH3 is 1. The number of carbonyl (C=O) groups is 1. The van der Waals surface area contributed by atoms with Gasteiger partial charge >= 0.3 is 5.97 Å². The van der Waals surface area contributed by atoms with Gasteiger partial charge in [-0.05, 0) is 19.1 Å². The van der Waals surface area contributed by atoms with Crippen molar-refractivity contribution < 1.29 is 19.1 Å². The van der Waals surface area contributed by atoms with Gasteiger partial charge in [-0.15, -0.1) is 0 Å². The number of carbonyl (C=O) groups excluding carboxylic acids is 1. The van der Waals surface area contributed by atoms with Gasteiger partial charge in [-0.2, -0.15) is 0 Å². The Kier molecular flexibility index (Phi) is 3.08. The SMILES string of the molecule is COC(=O)[C@H](C)[C@H](O)c1ccco1. The van der Waals surface area contributed by atoms with E-state index in [2.05, 4.69) is 4.74 Å². The van der Waals surface area contributed by atoms with E-state index in [9.17, 15) is 9.90 Å². The summed E-state index contributed by atoms with van der Waals surface area (Å²) in [5.41, 5.74) is 0. The van der Waals surface area contributed by atoms with E-state index in [0.29, 0.717) is 5.76 Å². The first kappa shape index (κ1) is 9.80. The van der Waals surface area contributed by atoms with Crippen molar-refractivity contribution in [2.45, 2.75) is 13.0 Å². The number of esters is 1. The van der Waals surface area contributed by atoms with Gasteiger partial charge < -0.3 is 14.3 Å². The van der Waals surface area contributed by atoms with Crippen molar-refractivity contribution in [2.75, 3.05) is 7.11 Å². The summed E-state index contributed by atoms with van der Waals surface area (Å²) < 4.78 is 9.44. The van der Waals surface area contributed by atoms with E-state index in [4.69, 9.17) is 4.42 Å². The van der Waals surface area contributed by atoms with Gasteiger partial charge in [0.2, 0.25) is 0 Å². The van der Waals surface area contributed by atoms with Crippen LogP contribution in [0.3, 0.4) is 0 Å². The lowest BCUT2D eigenvalue weighted by Gasteiger charge is -2.13. The molecule has 0 spiro atoms.